The number of benzene rings is 10. The monoisotopic (exact) mass is 1340 g/mol. The van der Waals surface area contributed by atoms with E-state index in [1.807, 2.05) is 303 Å². The normalized spacial score (nSPS) is 17.3. The van der Waals surface area contributed by atoms with Crippen LogP contribution in [0.1, 0.15) is 55.6 Å². The molecule has 6 atom stereocenters. The average Bonchev–Trinajstić information content (AvgIpc) is 0.817. The summed E-state index contributed by atoms with van der Waals surface area (Å²) in [5, 5.41) is 0. The Labute approximate surface area is 556 Å². The predicted molar refractivity (Wildman–Crippen MR) is 367 cm³/mol. The highest BCUT2D eigenvalue weighted by Crippen LogP contribution is 2.56. The molecule has 0 radical (unpaired) electrons. The summed E-state index contributed by atoms with van der Waals surface area (Å²) < 4.78 is 101. The molecule has 1 fully saturated rings. The summed E-state index contributed by atoms with van der Waals surface area (Å²) in [5.41, 5.74) is 8.93. The van der Waals surface area contributed by atoms with Gasteiger partial charge < -0.3 is 63.8 Å². The SMILES string of the molecule is c1ccc(CO[C@@H]2C(OP(OCc3ccccc3)OCc3ccccc3)[C@H](OCc3ccccc3)[C@@H](OP(OCc3ccccc3)OCc3ccccc3)C(OP(OCc3ccccc3)OCc3ccccc3)[C@@H]2OP(OCc2ccccc2)OCc2ccccc2)cc1. The molecule has 0 aliphatic heterocycles. The minimum Gasteiger partial charge on any atom is -0.368 e. The summed E-state index contributed by atoms with van der Waals surface area (Å²) in [6, 6.07) is 98.9. The van der Waals surface area contributed by atoms with Gasteiger partial charge in [-0.05, 0) is 55.6 Å². The minimum absolute atomic E-state index is 0.0765. The van der Waals surface area contributed by atoms with Crippen molar-refractivity contribution in [3.05, 3.63) is 359 Å². The van der Waals surface area contributed by atoms with Crippen molar-refractivity contribution in [1.29, 1.82) is 0 Å². The topological polar surface area (TPSA) is 129 Å². The zero-order valence-electron chi connectivity index (χ0n) is 51.9. The van der Waals surface area contributed by atoms with E-state index < -0.39 is 71.0 Å². The number of rotatable bonds is 38. The minimum atomic E-state index is -2.35. The second kappa shape index (κ2) is 38.8. The molecular weight excluding hydrogens is 1260 g/mol. The Bertz CT molecular complexity index is 3290. The van der Waals surface area contributed by atoms with Crippen molar-refractivity contribution < 1.29 is 63.8 Å². The molecule has 1 aliphatic rings. The van der Waals surface area contributed by atoms with E-state index in [2.05, 4.69) is 0 Å². The summed E-state index contributed by atoms with van der Waals surface area (Å²) in [6.45, 7) is 1.20. The fourth-order valence-corrected chi connectivity index (χ4v) is 14.5. The molecule has 484 valence electrons. The molecule has 10 aromatic rings. The van der Waals surface area contributed by atoms with E-state index in [4.69, 9.17) is 63.8 Å². The molecule has 0 aromatic heterocycles. The number of hydrogen-bond acceptors (Lipinski definition) is 14. The largest absolute Gasteiger partial charge is 0.368 e. The van der Waals surface area contributed by atoms with Gasteiger partial charge in [0.25, 0.3) is 0 Å². The molecule has 0 spiro atoms. The first-order valence-corrected chi connectivity index (χ1v) is 35.5. The molecule has 10 aromatic carbocycles. The van der Waals surface area contributed by atoms with Crippen LogP contribution in [-0.2, 0) is 130 Å². The van der Waals surface area contributed by atoms with Crippen LogP contribution in [0, 0.1) is 0 Å². The molecule has 1 saturated carbocycles. The Morgan fingerprint density at radius 1 is 0.160 bits per heavy atom. The number of ether oxygens (including phenoxy) is 2. The van der Waals surface area contributed by atoms with Crippen LogP contribution in [-0.4, -0.2) is 36.6 Å². The van der Waals surface area contributed by atoms with Gasteiger partial charge in [0, 0.05) is 0 Å². The van der Waals surface area contributed by atoms with E-state index in [1.54, 1.807) is 0 Å². The first-order chi connectivity index (χ1) is 46.6. The van der Waals surface area contributed by atoms with Gasteiger partial charge in [-0.2, -0.15) is 0 Å². The summed E-state index contributed by atoms with van der Waals surface area (Å²) >= 11 is 0. The second-order valence-electron chi connectivity index (χ2n) is 21.8. The number of hydrogen-bond donors (Lipinski definition) is 0. The molecule has 0 amide bonds. The first-order valence-electron chi connectivity index (χ1n) is 31.1. The van der Waals surface area contributed by atoms with Crippen LogP contribution in [0.4, 0.5) is 0 Å². The van der Waals surface area contributed by atoms with Gasteiger partial charge in [-0.3, -0.25) is 0 Å². The van der Waals surface area contributed by atoms with E-state index in [0.717, 1.165) is 55.6 Å². The lowest BCUT2D eigenvalue weighted by Gasteiger charge is -2.50. The lowest BCUT2D eigenvalue weighted by atomic mass is 9.84. The van der Waals surface area contributed by atoms with Gasteiger partial charge in [-0.25, -0.2) is 0 Å². The summed E-state index contributed by atoms with van der Waals surface area (Å²) in [4.78, 5) is 0. The van der Waals surface area contributed by atoms with Crippen molar-refractivity contribution in [3.8, 4) is 0 Å². The summed E-state index contributed by atoms with van der Waals surface area (Å²) in [7, 11) is -9.36. The van der Waals surface area contributed by atoms with Crippen molar-refractivity contribution in [2.75, 3.05) is 0 Å². The maximum atomic E-state index is 7.64. The van der Waals surface area contributed by atoms with Crippen molar-refractivity contribution in [2.24, 2.45) is 0 Å². The smallest absolute Gasteiger partial charge is 0.333 e. The zero-order valence-corrected chi connectivity index (χ0v) is 55.5. The summed E-state index contributed by atoms with van der Waals surface area (Å²) in [5.74, 6) is 0. The fourth-order valence-electron chi connectivity index (χ4n) is 9.92. The molecule has 0 bridgehead atoms. The highest BCUT2D eigenvalue weighted by atomic mass is 31.2. The standard InChI is InChI=1S/C76H76O14P4/c1-11-31-61(32-12-1)51-77-71-73(87-91(79-53-63-35-15-3-16-36-63)80-54-64-37-17-4-18-38-64)72(78-52-62-33-13-2-14-34-62)75(89-93(83-57-67-43-23-7-24-44-67)84-58-68-45-25-8-26-46-68)76(90-94(85-59-69-47-27-9-28-48-69)86-60-70-49-29-10-30-50-70)74(71)88-92(81-55-65-39-19-5-20-40-65)82-56-66-41-21-6-22-42-66/h1-50,71-76H,51-60H2/t71-,72+,73?,74-,75-,76?/m1/s1. The third-order valence-corrected chi connectivity index (χ3v) is 19.2. The molecule has 2 unspecified atom stereocenters. The van der Waals surface area contributed by atoms with Gasteiger partial charge in [0.15, 0.2) is 0 Å². The van der Waals surface area contributed by atoms with Gasteiger partial charge in [0.2, 0.25) is 0 Å². The molecule has 0 N–H and O–H groups in total. The quantitative estimate of drug-likeness (QED) is 0.0340. The molecule has 0 heterocycles. The van der Waals surface area contributed by atoms with E-state index in [0.29, 0.717) is 0 Å². The van der Waals surface area contributed by atoms with E-state index >= 15 is 0 Å². The van der Waals surface area contributed by atoms with Gasteiger partial charge in [0.05, 0.1) is 66.1 Å². The third-order valence-electron chi connectivity index (χ3n) is 14.8. The Balaban J connectivity index is 1.09. The molecule has 0 saturated heterocycles. The van der Waals surface area contributed by atoms with Crippen LogP contribution in [0.5, 0.6) is 0 Å². The van der Waals surface area contributed by atoms with Crippen LogP contribution in [0.25, 0.3) is 0 Å². The molecule has 14 nitrogen and oxygen atoms in total. The maximum absolute atomic E-state index is 7.64. The van der Waals surface area contributed by atoms with Crippen molar-refractivity contribution >= 4 is 34.4 Å². The van der Waals surface area contributed by atoms with Crippen molar-refractivity contribution in [1.82, 2.24) is 0 Å². The molecule has 94 heavy (non-hydrogen) atoms. The average molecular weight is 1340 g/mol. The Kier molecular flexibility index (Phi) is 28.4. The molecular formula is C76H76O14P4. The molecule has 11 rings (SSSR count). The van der Waals surface area contributed by atoms with Crippen molar-refractivity contribution in [3.63, 3.8) is 0 Å². The van der Waals surface area contributed by atoms with Crippen LogP contribution in [0.3, 0.4) is 0 Å². The maximum Gasteiger partial charge on any atom is 0.333 e. The molecule has 18 heteroatoms. The van der Waals surface area contributed by atoms with E-state index in [1.165, 1.54) is 0 Å². The van der Waals surface area contributed by atoms with Gasteiger partial charge in [0.1, 0.15) is 36.6 Å². The fraction of sp³-hybridized carbons (Fsp3) is 0.211. The van der Waals surface area contributed by atoms with Crippen LogP contribution < -0.4 is 0 Å². The van der Waals surface area contributed by atoms with E-state index in [-0.39, 0.29) is 66.1 Å². The van der Waals surface area contributed by atoms with Crippen LogP contribution >= 0.6 is 34.4 Å². The van der Waals surface area contributed by atoms with Gasteiger partial charge in [-0.15, -0.1) is 0 Å². The van der Waals surface area contributed by atoms with Crippen LogP contribution in [0.2, 0.25) is 0 Å². The van der Waals surface area contributed by atoms with E-state index in [9.17, 15) is 0 Å². The first kappa shape index (κ1) is 68.7. The van der Waals surface area contributed by atoms with Crippen molar-refractivity contribution in [2.45, 2.75) is 103 Å². The van der Waals surface area contributed by atoms with Gasteiger partial charge in [-0.1, -0.05) is 303 Å². The third kappa shape index (κ3) is 22.8. The molecule has 1 aliphatic carbocycles. The Morgan fingerprint density at radius 2 is 0.287 bits per heavy atom. The highest BCUT2D eigenvalue weighted by molar-refractivity contribution is 7.42. The zero-order chi connectivity index (χ0) is 63.9. The highest BCUT2D eigenvalue weighted by Gasteiger charge is 2.59. The lowest BCUT2D eigenvalue weighted by molar-refractivity contribution is -0.235. The Hall–Kier alpha value is -6.64. The van der Waals surface area contributed by atoms with Crippen LogP contribution in [0.15, 0.2) is 303 Å². The second-order valence-corrected chi connectivity index (χ2v) is 26.5. The predicted octanol–water partition coefficient (Wildman–Crippen LogP) is 19.4. The lowest BCUT2D eigenvalue weighted by Crippen LogP contribution is -2.66. The summed E-state index contributed by atoms with van der Waals surface area (Å²) in [6.07, 6.45) is -7.25. The Morgan fingerprint density at radius 3 is 0.447 bits per heavy atom. The van der Waals surface area contributed by atoms with Gasteiger partial charge >= 0.3 is 34.4 Å².